The lowest BCUT2D eigenvalue weighted by Gasteiger charge is -2.47. The van der Waals surface area contributed by atoms with Crippen LogP contribution in [0.2, 0.25) is 0 Å². The van der Waals surface area contributed by atoms with Crippen LogP contribution in [0.25, 0.3) is 0 Å². The van der Waals surface area contributed by atoms with Gasteiger partial charge in [0.05, 0.1) is 18.2 Å². The number of aliphatic carboxylic acids is 1. The number of carbonyl (C=O) groups is 3. The van der Waals surface area contributed by atoms with Gasteiger partial charge >= 0.3 is 12.1 Å². The van der Waals surface area contributed by atoms with Crippen LogP contribution >= 0.6 is 0 Å². The summed E-state index contributed by atoms with van der Waals surface area (Å²) >= 11 is 0. The Morgan fingerprint density at radius 2 is 1.89 bits per heavy atom. The molecule has 3 aliphatic rings. The van der Waals surface area contributed by atoms with Gasteiger partial charge in [-0.2, -0.15) is 0 Å². The Balaban J connectivity index is 1.66. The molecule has 0 saturated heterocycles. The Labute approximate surface area is 206 Å². The molecule has 3 atom stereocenters. The number of nitrogens with zero attached hydrogens (tertiary/aromatic N) is 2. The van der Waals surface area contributed by atoms with Crippen LogP contribution in [0.4, 0.5) is 10.5 Å². The molecule has 4 rings (SSSR count). The summed E-state index contributed by atoms with van der Waals surface area (Å²) < 4.78 is 5.69. The van der Waals surface area contributed by atoms with Gasteiger partial charge in [0.15, 0.2) is 0 Å². The number of rotatable bonds is 10. The van der Waals surface area contributed by atoms with Gasteiger partial charge in [0.2, 0.25) is 5.91 Å². The van der Waals surface area contributed by atoms with Crippen molar-refractivity contribution in [3.05, 3.63) is 66.8 Å². The van der Waals surface area contributed by atoms with E-state index in [-0.39, 0.29) is 43.4 Å². The Morgan fingerprint density at radius 1 is 1.11 bits per heavy atom. The van der Waals surface area contributed by atoms with Gasteiger partial charge in [-0.05, 0) is 48.8 Å². The number of anilines is 1. The lowest BCUT2D eigenvalue weighted by molar-refractivity contribution is -0.142. The minimum atomic E-state index is -0.967. The molecule has 7 nitrogen and oxygen atoms in total. The van der Waals surface area contributed by atoms with E-state index >= 15 is 0 Å². The predicted molar refractivity (Wildman–Crippen MR) is 134 cm³/mol. The fourth-order valence-electron chi connectivity index (χ4n) is 5.50. The van der Waals surface area contributed by atoms with Crippen LogP contribution in [0.15, 0.2) is 61.2 Å². The van der Waals surface area contributed by atoms with Crippen LogP contribution in [0.1, 0.15) is 56.6 Å². The monoisotopic (exact) mass is 478 g/mol. The lowest BCUT2D eigenvalue weighted by Crippen LogP contribution is -2.53. The normalized spacial score (nSPS) is 23.1. The van der Waals surface area contributed by atoms with Gasteiger partial charge in [0, 0.05) is 24.9 Å². The van der Waals surface area contributed by atoms with E-state index in [2.05, 4.69) is 13.2 Å². The summed E-state index contributed by atoms with van der Waals surface area (Å²) in [4.78, 5) is 41.6. The summed E-state index contributed by atoms with van der Waals surface area (Å²) in [5.74, 6) is -0.544. The zero-order chi connectivity index (χ0) is 24.9. The largest absolute Gasteiger partial charge is 0.481 e. The molecular formula is C28H34N2O5. The fourth-order valence-corrected chi connectivity index (χ4v) is 5.50. The molecule has 35 heavy (non-hydrogen) atoms. The van der Waals surface area contributed by atoms with Crippen LogP contribution in [0, 0.1) is 11.8 Å². The van der Waals surface area contributed by atoms with Crippen molar-refractivity contribution in [1.29, 1.82) is 0 Å². The Bertz CT molecular complexity index is 1030. The number of para-hydroxylation sites is 1. The van der Waals surface area contributed by atoms with Gasteiger partial charge in [0.25, 0.3) is 0 Å². The molecule has 2 fully saturated rings. The molecule has 1 heterocycles. The lowest BCUT2D eigenvalue weighted by atomic mass is 9.81. The first-order chi connectivity index (χ1) is 16.9. The van der Waals surface area contributed by atoms with E-state index in [1.165, 1.54) is 0 Å². The number of amides is 2. The number of allylic oxidation sites excluding steroid dienone is 2. The summed E-state index contributed by atoms with van der Waals surface area (Å²) in [5, 5.41) is 9.15. The Kier molecular flexibility index (Phi) is 7.73. The van der Waals surface area contributed by atoms with Gasteiger partial charge in [-0.1, -0.05) is 56.0 Å². The number of carboxylic acid groups (broad SMARTS) is 1. The second-order valence-corrected chi connectivity index (χ2v) is 9.65. The van der Waals surface area contributed by atoms with Crippen LogP contribution in [-0.2, 0) is 14.3 Å². The van der Waals surface area contributed by atoms with Crippen molar-refractivity contribution in [2.24, 2.45) is 11.8 Å². The molecule has 1 aromatic carbocycles. The molecule has 3 unspecified atom stereocenters. The van der Waals surface area contributed by atoms with E-state index in [1.54, 1.807) is 23.1 Å². The summed E-state index contributed by atoms with van der Waals surface area (Å²) in [6.45, 7) is 8.20. The third-order valence-corrected chi connectivity index (χ3v) is 7.30. The quantitative estimate of drug-likeness (QED) is 0.464. The van der Waals surface area contributed by atoms with Gasteiger partial charge < -0.3 is 14.7 Å². The van der Waals surface area contributed by atoms with Crippen molar-refractivity contribution in [3.63, 3.8) is 0 Å². The molecule has 7 heteroatoms. The molecule has 1 aliphatic heterocycles. The third-order valence-electron chi connectivity index (χ3n) is 7.30. The Hall–Kier alpha value is -3.35. The summed E-state index contributed by atoms with van der Waals surface area (Å²) in [6, 6.07) is 7.50. The van der Waals surface area contributed by atoms with Crippen molar-refractivity contribution in [3.8, 4) is 0 Å². The predicted octanol–water partition coefficient (Wildman–Crippen LogP) is 5.25. The number of carbonyl (C=O) groups excluding carboxylic acids is 2. The highest BCUT2D eigenvalue weighted by molar-refractivity contribution is 5.91. The number of benzene rings is 1. The number of hydrogen-bond acceptors (Lipinski definition) is 4. The van der Waals surface area contributed by atoms with E-state index in [9.17, 15) is 14.4 Å². The highest BCUT2D eigenvalue weighted by Gasteiger charge is 2.49. The maximum Gasteiger partial charge on any atom is 0.414 e. The zero-order valence-corrected chi connectivity index (χ0v) is 20.1. The van der Waals surface area contributed by atoms with Crippen molar-refractivity contribution >= 4 is 23.7 Å². The van der Waals surface area contributed by atoms with E-state index in [0.717, 1.165) is 48.9 Å². The zero-order valence-electron chi connectivity index (χ0n) is 20.1. The minimum absolute atomic E-state index is 0.0101. The molecule has 0 radical (unpaired) electrons. The molecule has 2 saturated carbocycles. The molecule has 1 N–H and O–H groups in total. The molecule has 0 spiro atoms. The number of hydrogen-bond donors (Lipinski definition) is 1. The van der Waals surface area contributed by atoms with E-state index in [4.69, 9.17) is 9.84 Å². The topological polar surface area (TPSA) is 87.2 Å². The van der Waals surface area contributed by atoms with E-state index < -0.39 is 12.1 Å². The average molecular weight is 479 g/mol. The van der Waals surface area contributed by atoms with Crippen molar-refractivity contribution in [2.75, 3.05) is 18.1 Å². The van der Waals surface area contributed by atoms with Crippen molar-refractivity contribution in [2.45, 2.75) is 57.0 Å². The SMILES string of the molecule is C=CC=C(C=C)COC(=O)N1c2ccccc2C(N(CC2CC2)C(=O)CCC(=O)O)C2CCCC21. The highest BCUT2D eigenvalue weighted by atomic mass is 16.6. The summed E-state index contributed by atoms with van der Waals surface area (Å²) in [7, 11) is 0. The van der Waals surface area contributed by atoms with Crippen LogP contribution in [-0.4, -0.2) is 47.2 Å². The molecular weight excluding hydrogens is 444 g/mol. The number of ether oxygens (including phenoxy) is 1. The first kappa shape index (κ1) is 24.8. The molecule has 0 bridgehead atoms. The molecule has 2 amide bonds. The number of fused-ring (bicyclic) bond motifs is 2. The van der Waals surface area contributed by atoms with Gasteiger partial charge in [-0.3, -0.25) is 14.5 Å². The van der Waals surface area contributed by atoms with Gasteiger partial charge in [-0.15, -0.1) is 0 Å². The maximum absolute atomic E-state index is 13.4. The molecule has 186 valence electrons. The molecule has 2 aliphatic carbocycles. The highest BCUT2D eigenvalue weighted by Crippen LogP contribution is 2.51. The molecule has 0 aromatic heterocycles. The van der Waals surface area contributed by atoms with Crippen molar-refractivity contribution in [1.82, 2.24) is 4.90 Å². The maximum atomic E-state index is 13.4. The Morgan fingerprint density at radius 3 is 2.57 bits per heavy atom. The minimum Gasteiger partial charge on any atom is -0.481 e. The smallest absolute Gasteiger partial charge is 0.414 e. The second kappa shape index (κ2) is 10.9. The van der Waals surface area contributed by atoms with Crippen molar-refractivity contribution < 1.29 is 24.2 Å². The van der Waals surface area contributed by atoms with Crippen LogP contribution < -0.4 is 4.90 Å². The summed E-state index contributed by atoms with van der Waals surface area (Å²) in [6.07, 6.45) is 9.32. The van der Waals surface area contributed by atoms with E-state index in [1.807, 2.05) is 29.2 Å². The molecule has 1 aromatic rings. The fraction of sp³-hybridized carbons (Fsp3) is 0.464. The first-order valence-corrected chi connectivity index (χ1v) is 12.4. The number of carboxylic acids is 1. The average Bonchev–Trinajstić information content (AvgIpc) is 3.55. The van der Waals surface area contributed by atoms with Crippen LogP contribution in [0.5, 0.6) is 0 Å². The summed E-state index contributed by atoms with van der Waals surface area (Å²) in [5.41, 5.74) is 2.46. The third kappa shape index (κ3) is 5.50. The first-order valence-electron chi connectivity index (χ1n) is 12.4. The van der Waals surface area contributed by atoms with Gasteiger partial charge in [-0.25, -0.2) is 4.79 Å². The van der Waals surface area contributed by atoms with E-state index in [0.29, 0.717) is 12.5 Å². The van der Waals surface area contributed by atoms with Gasteiger partial charge in [0.1, 0.15) is 6.61 Å². The standard InChI is InChI=1S/C28H34N2O5/c1-3-8-19(4-2)18-35-28(34)30-23-11-6-5-9-21(23)27(22-10-7-12-24(22)30)29(17-20-13-14-20)25(31)15-16-26(32)33/h3-6,8-9,11,20,22,24,27H,1-2,7,10,12-18H2,(H,32,33). The van der Waals surface area contributed by atoms with Crippen LogP contribution in [0.3, 0.4) is 0 Å². The second-order valence-electron chi connectivity index (χ2n) is 9.65.